The quantitative estimate of drug-likeness (QED) is 0.436. The van der Waals surface area contributed by atoms with Gasteiger partial charge in [-0.2, -0.15) is 0 Å². The van der Waals surface area contributed by atoms with Gasteiger partial charge in [0.1, 0.15) is 0 Å². The van der Waals surface area contributed by atoms with E-state index in [1.165, 1.54) is 0 Å². The third-order valence-corrected chi connectivity index (χ3v) is 2.32. The molecule has 0 unspecified atom stereocenters. The average molecular weight is 237 g/mol. The van der Waals surface area contributed by atoms with Crippen LogP contribution in [0.2, 0.25) is 0 Å². The Labute approximate surface area is 101 Å². The topological polar surface area (TPSA) is 30.5 Å². The molecule has 3 nitrogen and oxygen atoms in total. The van der Waals surface area contributed by atoms with E-state index in [0.717, 1.165) is 24.3 Å². The van der Waals surface area contributed by atoms with E-state index in [1.54, 1.807) is 13.1 Å². The lowest BCUT2D eigenvalue weighted by Gasteiger charge is -1.99. The van der Waals surface area contributed by atoms with Gasteiger partial charge in [-0.3, -0.25) is 0 Å². The fourth-order valence-electron chi connectivity index (χ4n) is 1.12. The first-order valence-corrected chi connectivity index (χ1v) is 5.52. The van der Waals surface area contributed by atoms with Crippen LogP contribution in [-0.2, 0) is 8.37 Å². The zero-order valence-corrected chi connectivity index (χ0v) is 10.0. The van der Waals surface area contributed by atoms with Crippen LogP contribution in [0.3, 0.4) is 0 Å². The minimum Gasteiger partial charge on any atom is -0.385 e. The van der Waals surface area contributed by atoms with E-state index in [4.69, 9.17) is 8.37 Å². The van der Waals surface area contributed by atoms with Crippen LogP contribution in [0.4, 0.5) is 0 Å². The molecule has 0 aromatic heterocycles. The van der Waals surface area contributed by atoms with Crippen molar-refractivity contribution in [2.75, 3.05) is 7.05 Å². The highest BCUT2D eigenvalue weighted by molar-refractivity contribution is 7.90. The molecule has 0 saturated carbocycles. The Kier molecular flexibility index (Phi) is 5.36. The standard InChI is InChI=1S/C12H15NO2S/c1-4-6-8-10(7-5-2)9-11-12(13-3)15-16-14-11/h4-6,8-9,13H,1-2,7H2,3H3/b8-6-,10-9+. The molecule has 0 aliphatic carbocycles. The van der Waals surface area contributed by atoms with E-state index in [1.807, 2.05) is 24.3 Å². The SMILES string of the molecule is C=C/C=C\C(=C\C1=C(NC)OSO1)CC=C. The summed E-state index contributed by atoms with van der Waals surface area (Å²) < 4.78 is 10.4. The van der Waals surface area contributed by atoms with Crippen LogP contribution in [-0.4, -0.2) is 7.05 Å². The maximum atomic E-state index is 5.25. The van der Waals surface area contributed by atoms with Crippen molar-refractivity contribution in [3.8, 4) is 0 Å². The summed E-state index contributed by atoms with van der Waals surface area (Å²) in [6.45, 7) is 7.34. The van der Waals surface area contributed by atoms with E-state index in [9.17, 15) is 0 Å². The summed E-state index contributed by atoms with van der Waals surface area (Å²) in [5, 5.41) is 2.91. The Balaban J connectivity index is 2.87. The monoisotopic (exact) mass is 237 g/mol. The first-order chi connectivity index (χ1) is 7.81. The zero-order chi connectivity index (χ0) is 11.8. The van der Waals surface area contributed by atoms with Crippen molar-refractivity contribution in [1.29, 1.82) is 0 Å². The maximum absolute atomic E-state index is 5.25. The van der Waals surface area contributed by atoms with E-state index in [0.29, 0.717) is 11.6 Å². The summed E-state index contributed by atoms with van der Waals surface area (Å²) in [5.41, 5.74) is 1.07. The summed E-state index contributed by atoms with van der Waals surface area (Å²) >= 11 is 0.948. The number of allylic oxidation sites excluding steroid dienone is 6. The molecular weight excluding hydrogens is 222 g/mol. The summed E-state index contributed by atoms with van der Waals surface area (Å²) in [6, 6.07) is 0. The summed E-state index contributed by atoms with van der Waals surface area (Å²) in [4.78, 5) is 0. The lowest BCUT2D eigenvalue weighted by atomic mass is 10.1. The first kappa shape index (κ1) is 12.5. The molecule has 0 aromatic carbocycles. The van der Waals surface area contributed by atoms with Gasteiger partial charge < -0.3 is 13.7 Å². The van der Waals surface area contributed by atoms with Crippen molar-refractivity contribution in [2.45, 2.75) is 6.42 Å². The third-order valence-electron chi connectivity index (χ3n) is 1.83. The van der Waals surface area contributed by atoms with Gasteiger partial charge in [-0.15, -0.1) is 6.58 Å². The van der Waals surface area contributed by atoms with Crippen LogP contribution in [0.25, 0.3) is 0 Å². The van der Waals surface area contributed by atoms with Gasteiger partial charge in [-0.05, 0) is 18.1 Å². The largest absolute Gasteiger partial charge is 0.385 e. The predicted molar refractivity (Wildman–Crippen MR) is 68.1 cm³/mol. The highest BCUT2D eigenvalue weighted by atomic mass is 32.2. The van der Waals surface area contributed by atoms with Gasteiger partial charge in [0.15, 0.2) is 0 Å². The van der Waals surface area contributed by atoms with Crippen LogP contribution < -0.4 is 5.32 Å². The first-order valence-electron chi connectivity index (χ1n) is 4.85. The molecule has 0 aromatic rings. The van der Waals surface area contributed by atoms with Gasteiger partial charge in [0.05, 0.1) is 0 Å². The molecule has 1 aliphatic heterocycles. The molecule has 86 valence electrons. The van der Waals surface area contributed by atoms with Crippen LogP contribution in [0, 0.1) is 0 Å². The van der Waals surface area contributed by atoms with Gasteiger partial charge in [0.2, 0.25) is 11.6 Å². The van der Waals surface area contributed by atoms with Gasteiger partial charge in [-0.1, -0.05) is 30.9 Å². The van der Waals surface area contributed by atoms with Crippen LogP contribution in [0.15, 0.2) is 60.8 Å². The molecule has 0 bridgehead atoms. The fourth-order valence-corrected chi connectivity index (χ4v) is 1.59. The van der Waals surface area contributed by atoms with Crippen molar-refractivity contribution >= 4 is 12.3 Å². The molecule has 0 saturated heterocycles. The van der Waals surface area contributed by atoms with Crippen molar-refractivity contribution in [2.24, 2.45) is 0 Å². The van der Waals surface area contributed by atoms with E-state index in [2.05, 4.69) is 18.5 Å². The Morgan fingerprint density at radius 2 is 2.25 bits per heavy atom. The second-order valence-electron chi connectivity index (χ2n) is 2.98. The van der Waals surface area contributed by atoms with E-state index in [-0.39, 0.29) is 0 Å². The third kappa shape index (κ3) is 3.55. The lowest BCUT2D eigenvalue weighted by molar-refractivity contribution is 0.462. The molecule has 0 radical (unpaired) electrons. The second kappa shape index (κ2) is 6.85. The van der Waals surface area contributed by atoms with Gasteiger partial charge in [0.25, 0.3) is 12.3 Å². The smallest absolute Gasteiger partial charge is 0.295 e. The molecule has 16 heavy (non-hydrogen) atoms. The molecule has 1 heterocycles. The van der Waals surface area contributed by atoms with Crippen molar-refractivity contribution < 1.29 is 8.37 Å². The number of hydrogen-bond acceptors (Lipinski definition) is 4. The normalized spacial score (nSPS) is 15.9. The van der Waals surface area contributed by atoms with Gasteiger partial charge >= 0.3 is 0 Å². The molecule has 0 amide bonds. The fraction of sp³-hybridized carbons (Fsp3) is 0.167. The maximum Gasteiger partial charge on any atom is 0.295 e. The molecule has 4 heteroatoms. The van der Waals surface area contributed by atoms with Gasteiger partial charge in [-0.25, -0.2) is 0 Å². The van der Waals surface area contributed by atoms with Crippen molar-refractivity contribution in [1.82, 2.24) is 5.32 Å². The van der Waals surface area contributed by atoms with Crippen molar-refractivity contribution in [3.63, 3.8) is 0 Å². The molecule has 1 rings (SSSR count). The highest BCUT2D eigenvalue weighted by Crippen LogP contribution is 2.28. The number of hydrogen-bond donors (Lipinski definition) is 1. The van der Waals surface area contributed by atoms with Gasteiger partial charge in [0, 0.05) is 7.05 Å². The minimum absolute atomic E-state index is 0.624. The summed E-state index contributed by atoms with van der Waals surface area (Å²) in [6.07, 6.45) is 10.1. The summed E-state index contributed by atoms with van der Waals surface area (Å²) in [7, 11) is 1.78. The molecule has 0 spiro atoms. The Hall–Kier alpha value is -1.55. The Morgan fingerprint density at radius 1 is 1.44 bits per heavy atom. The van der Waals surface area contributed by atoms with Crippen LogP contribution >= 0.6 is 12.3 Å². The Morgan fingerprint density at radius 3 is 2.88 bits per heavy atom. The molecule has 1 aliphatic rings. The summed E-state index contributed by atoms with van der Waals surface area (Å²) in [5.74, 6) is 1.30. The molecule has 1 N–H and O–H groups in total. The number of nitrogens with one attached hydrogen (secondary N) is 1. The van der Waals surface area contributed by atoms with E-state index < -0.39 is 0 Å². The zero-order valence-electron chi connectivity index (χ0n) is 9.23. The molecular formula is C12H15NO2S. The Bertz CT molecular complexity index is 356. The highest BCUT2D eigenvalue weighted by Gasteiger charge is 2.16. The molecule has 0 fully saturated rings. The predicted octanol–water partition coefficient (Wildman–Crippen LogP) is 3.23. The second-order valence-corrected chi connectivity index (χ2v) is 3.45. The molecule has 0 atom stereocenters. The average Bonchev–Trinajstić information content (AvgIpc) is 2.73. The van der Waals surface area contributed by atoms with Crippen molar-refractivity contribution in [3.05, 3.63) is 60.8 Å². The minimum atomic E-state index is 0.624. The van der Waals surface area contributed by atoms with Crippen LogP contribution in [0.5, 0.6) is 0 Å². The number of rotatable bonds is 6. The van der Waals surface area contributed by atoms with E-state index >= 15 is 0 Å². The van der Waals surface area contributed by atoms with Crippen LogP contribution in [0.1, 0.15) is 6.42 Å². The lowest BCUT2D eigenvalue weighted by Crippen LogP contribution is -2.05.